The molecule has 0 bridgehead atoms. The van der Waals surface area contributed by atoms with Crippen LogP contribution >= 0.6 is 0 Å². The van der Waals surface area contributed by atoms with Crippen molar-refractivity contribution in [2.45, 2.75) is 44.8 Å². The number of amidine groups is 1. The number of likely N-dealkylation sites (tertiary alicyclic amines) is 1. The molecule has 7 heteroatoms. The highest BCUT2D eigenvalue weighted by Gasteiger charge is 2.55. The first-order valence-electron chi connectivity index (χ1n) is 6.87. The summed E-state index contributed by atoms with van der Waals surface area (Å²) in [6.07, 6.45) is 1.11. The summed E-state index contributed by atoms with van der Waals surface area (Å²) in [7, 11) is 1.27. The molecule has 4 atom stereocenters. The van der Waals surface area contributed by atoms with E-state index in [0.717, 1.165) is 12.8 Å². The molecular formula is C13H22N4O3. The van der Waals surface area contributed by atoms with Gasteiger partial charge in [0.25, 0.3) is 0 Å². The van der Waals surface area contributed by atoms with E-state index < -0.39 is 12.1 Å². The number of piperidine rings is 1. The van der Waals surface area contributed by atoms with Gasteiger partial charge in [-0.15, -0.1) is 0 Å². The number of carbonyl (C=O) groups is 2. The molecule has 1 saturated carbocycles. The Morgan fingerprint density at radius 2 is 2.05 bits per heavy atom. The fourth-order valence-electron chi connectivity index (χ4n) is 2.91. The zero-order chi connectivity index (χ0) is 15.0. The number of methoxy groups -OCH3 is 1. The van der Waals surface area contributed by atoms with Crippen molar-refractivity contribution in [3.05, 3.63) is 0 Å². The Kier molecular flexibility index (Phi) is 3.87. The van der Waals surface area contributed by atoms with Gasteiger partial charge in [-0.25, -0.2) is 4.79 Å². The maximum absolute atomic E-state index is 12.7. The predicted octanol–water partition coefficient (Wildman–Crippen LogP) is 0.292. The minimum Gasteiger partial charge on any atom is -0.453 e. The molecular weight excluding hydrogens is 260 g/mol. The van der Waals surface area contributed by atoms with E-state index in [9.17, 15) is 9.59 Å². The second-order valence-corrected chi connectivity index (χ2v) is 5.87. The molecule has 0 aromatic rings. The average molecular weight is 282 g/mol. The molecule has 2 rings (SSSR count). The van der Waals surface area contributed by atoms with Gasteiger partial charge in [-0.3, -0.25) is 10.2 Å². The van der Waals surface area contributed by atoms with Gasteiger partial charge in [0.05, 0.1) is 13.2 Å². The number of hydrogen-bond donors (Lipinski definition) is 3. The molecule has 1 aliphatic heterocycles. The molecule has 0 aromatic carbocycles. The Hall–Kier alpha value is -1.79. The van der Waals surface area contributed by atoms with Crippen LogP contribution in [0.2, 0.25) is 0 Å². The Morgan fingerprint density at radius 3 is 2.55 bits per heavy atom. The van der Waals surface area contributed by atoms with Gasteiger partial charge in [0, 0.05) is 6.04 Å². The second-order valence-electron chi connectivity index (χ2n) is 5.87. The van der Waals surface area contributed by atoms with Crippen molar-refractivity contribution >= 4 is 17.8 Å². The number of hydrogen-bond acceptors (Lipinski definition) is 4. The number of alkyl carbamates (subject to hydrolysis) is 1. The summed E-state index contributed by atoms with van der Waals surface area (Å²) >= 11 is 0. The zero-order valence-electron chi connectivity index (χ0n) is 12.1. The van der Waals surface area contributed by atoms with Gasteiger partial charge >= 0.3 is 6.09 Å². The SMILES string of the molecule is COC(=O)N[C@H](C(=O)N1C(C(=N)N)C[C@H]2C[C@H]21)C(C)C. The van der Waals surface area contributed by atoms with E-state index in [4.69, 9.17) is 11.1 Å². The van der Waals surface area contributed by atoms with Crippen molar-refractivity contribution in [2.24, 2.45) is 17.6 Å². The monoisotopic (exact) mass is 282 g/mol. The molecule has 2 aliphatic rings. The predicted molar refractivity (Wildman–Crippen MR) is 73.2 cm³/mol. The molecule has 1 heterocycles. The standard InChI is InChI=1S/C13H22N4O3/c1-6(2)10(16-13(19)20-3)12(18)17-8-4-7(8)5-9(17)11(14)15/h6-10H,4-5H2,1-3H3,(H3,14,15)(H,16,19)/t7-,8-,9?,10+/m1/s1. The van der Waals surface area contributed by atoms with E-state index in [1.807, 2.05) is 13.8 Å². The fraction of sp³-hybridized carbons (Fsp3) is 0.769. The first kappa shape index (κ1) is 14.6. The lowest BCUT2D eigenvalue weighted by atomic mass is 10.0. The summed E-state index contributed by atoms with van der Waals surface area (Å²) in [5.41, 5.74) is 5.59. The fourth-order valence-corrected chi connectivity index (χ4v) is 2.91. The highest BCUT2D eigenvalue weighted by molar-refractivity contribution is 5.93. The van der Waals surface area contributed by atoms with Crippen LogP contribution in [0.1, 0.15) is 26.7 Å². The van der Waals surface area contributed by atoms with Crippen LogP contribution in [0, 0.1) is 17.2 Å². The normalized spacial score (nSPS) is 28.8. The van der Waals surface area contributed by atoms with E-state index in [2.05, 4.69) is 10.1 Å². The first-order valence-corrected chi connectivity index (χ1v) is 6.87. The molecule has 20 heavy (non-hydrogen) atoms. The lowest BCUT2D eigenvalue weighted by Crippen LogP contribution is -2.55. The highest BCUT2D eigenvalue weighted by atomic mass is 16.5. The maximum Gasteiger partial charge on any atom is 0.407 e. The Balaban J connectivity index is 2.14. The summed E-state index contributed by atoms with van der Waals surface area (Å²) in [4.78, 5) is 25.8. The van der Waals surface area contributed by atoms with Crippen molar-refractivity contribution < 1.29 is 14.3 Å². The maximum atomic E-state index is 12.7. The lowest BCUT2D eigenvalue weighted by molar-refractivity contribution is -0.135. The minimum atomic E-state index is -0.649. The number of nitrogens with two attached hydrogens (primary N) is 1. The quantitative estimate of drug-likeness (QED) is 0.508. The summed E-state index contributed by atoms with van der Waals surface area (Å²) < 4.78 is 4.57. The van der Waals surface area contributed by atoms with Crippen molar-refractivity contribution in [3.8, 4) is 0 Å². The van der Waals surface area contributed by atoms with Gasteiger partial charge in [-0.05, 0) is 24.7 Å². The highest BCUT2D eigenvalue weighted by Crippen LogP contribution is 2.48. The number of amides is 2. The third kappa shape index (κ3) is 2.57. The number of fused-ring (bicyclic) bond motifs is 1. The van der Waals surface area contributed by atoms with E-state index in [0.29, 0.717) is 5.92 Å². The third-order valence-electron chi connectivity index (χ3n) is 4.11. The number of nitrogens with zero attached hydrogens (tertiary/aromatic N) is 1. The molecule has 4 N–H and O–H groups in total. The second kappa shape index (κ2) is 5.30. The van der Waals surface area contributed by atoms with Crippen LogP contribution < -0.4 is 11.1 Å². The number of nitrogens with one attached hydrogen (secondary N) is 2. The largest absolute Gasteiger partial charge is 0.453 e. The van der Waals surface area contributed by atoms with Gasteiger partial charge in [0.1, 0.15) is 11.9 Å². The molecule has 0 spiro atoms. The van der Waals surface area contributed by atoms with E-state index >= 15 is 0 Å². The van der Waals surface area contributed by atoms with Gasteiger partial charge in [-0.2, -0.15) is 0 Å². The third-order valence-corrected chi connectivity index (χ3v) is 4.11. The Labute approximate surface area is 118 Å². The summed E-state index contributed by atoms with van der Waals surface area (Å²) in [6, 6.07) is -0.798. The van der Waals surface area contributed by atoms with Crippen molar-refractivity contribution in [1.82, 2.24) is 10.2 Å². The molecule has 1 aliphatic carbocycles. The van der Waals surface area contributed by atoms with Crippen LogP contribution in [0.4, 0.5) is 4.79 Å². The van der Waals surface area contributed by atoms with Crippen LogP contribution in [0.15, 0.2) is 0 Å². The van der Waals surface area contributed by atoms with Crippen LogP contribution in [0.25, 0.3) is 0 Å². The van der Waals surface area contributed by atoms with E-state index in [1.54, 1.807) is 4.90 Å². The zero-order valence-corrected chi connectivity index (χ0v) is 12.1. The van der Waals surface area contributed by atoms with E-state index in [-0.39, 0.29) is 29.7 Å². The van der Waals surface area contributed by atoms with Gasteiger partial charge < -0.3 is 20.7 Å². The van der Waals surface area contributed by atoms with Crippen molar-refractivity contribution in [2.75, 3.05) is 7.11 Å². The molecule has 0 aromatic heterocycles. The summed E-state index contributed by atoms with van der Waals surface area (Å²) in [5, 5.41) is 10.2. The Morgan fingerprint density at radius 1 is 1.40 bits per heavy atom. The number of carbonyl (C=O) groups excluding carboxylic acids is 2. The van der Waals surface area contributed by atoms with Crippen LogP contribution in [0.3, 0.4) is 0 Å². The smallest absolute Gasteiger partial charge is 0.407 e. The molecule has 1 saturated heterocycles. The van der Waals surface area contributed by atoms with Gasteiger partial charge in [0.2, 0.25) is 5.91 Å². The van der Waals surface area contributed by atoms with Crippen LogP contribution in [-0.4, -0.2) is 48.0 Å². The van der Waals surface area contributed by atoms with Gasteiger partial charge in [0.15, 0.2) is 0 Å². The first-order chi connectivity index (χ1) is 9.36. The molecule has 1 unspecified atom stereocenters. The number of ether oxygens (including phenoxy) is 1. The minimum absolute atomic E-state index is 0.0196. The van der Waals surface area contributed by atoms with Crippen LogP contribution in [-0.2, 0) is 9.53 Å². The molecule has 2 fully saturated rings. The van der Waals surface area contributed by atoms with Crippen molar-refractivity contribution in [1.29, 1.82) is 5.41 Å². The Bertz CT molecular complexity index is 437. The average Bonchev–Trinajstić information content (AvgIpc) is 3.05. The van der Waals surface area contributed by atoms with Crippen molar-refractivity contribution in [3.63, 3.8) is 0 Å². The lowest BCUT2D eigenvalue weighted by Gasteiger charge is -2.32. The molecule has 7 nitrogen and oxygen atoms in total. The molecule has 0 radical (unpaired) electrons. The summed E-state index contributed by atoms with van der Waals surface area (Å²) in [6.45, 7) is 3.73. The number of rotatable bonds is 4. The van der Waals surface area contributed by atoms with Crippen LogP contribution in [0.5, 0.6) is 0 Å². The van der Waals surface area contributed by atoms with E-state index in [1.165, 1.54) is 7.11 Å². The molecule has 112 valence electrons. The molecule has 2 amide bonds. The van der Waals surface area contributed by atoms with Gasteiger partial charge in [-0.1, -0.05) is 13.8 Å². The topological polar surface area (TPSA) is 109 Å². The summed E-state index contributed by atoms with van der Waals surface area (Å²) in [5.74, 6) is 0.243.